The van der Waals surface area contributed by atoms with Gasteiger partial charge in [0.05, 0.1) is 12.1 Å². The first kappa shape index (κ1) is 39.5. The molecule has 1 heterocycles. The summed E-state index contributed by atoms with van der Waals surface area (Å²) in [5.74, 6) is -0.432. The maximum Gasteiger partial charge on any atom is 0.262 e. The lowest BCUT2D eigenvalue weighted by Gasteiger charge is -2.32. The van der Waals surface area contributed by atoms with E-state index in [2.05, 4.69) is 36.2 Å². The van der Waals surface area contributed by atoms with E-state index in [9.17, 15) is 18.4 Å². The zero-order chi connectivity index (χ0) is 37.9. The Kier molecular flexibility index (Phi) is 14.1. The highest BCUT2D eigenvalue weighted by atomic mass is 32.2. The Bertz CT molecular complexity index is 1860. The second-order valence-electron chi connectivity index (χ2n) is 13.5. The van der Waals surface area contributed by atoms with Gasteiger partial charge < -0.3 is 19.7 Å². The van der Waals surface area contributed by atoms with Crippen LogP contribution in [0.5, 0.6) is 0 Å². The van der Waals surface area contributed by atoms with Crippen LogP contribution in [-0.2, 0) is 49.7 Å². The van der Waals surface area contributed by atoms with Crippen molar-refractivity contribution < 1.29 is 27.8 Å². The first-order chi connectivity index (χ1) is 25.6. The van der Waals surface area contributed by atoms with Crippen LogP contribution in [0.25, 0.3) is 10.8 Å². The van der Waals surface area contributed by atoms with Crippen molar-refractivity contribution in [1.29, 1.82) is 0 Å². The molecule has 4 aromatic rings. The molecule has 0 aliphatic carbocycles. The molecule has 1 aliphatic rings. The Morgan fingerprint density at radius 2 is 1.49 bits per heavy atom. The van der Waals surface area contributed by atoms with Crippen LogP contribution in [-0.4, -0.2) is 74.4 Å². The van der Waals surface area contributed by atoms with Crippen molar-refractivity contribution in [1.82, 2.24) is 15.1 Å². The maximum atomic E-state index is 14.2. The van der Waals surface area contributed by atoms with Crippen molar-refractivity contribution in [3.8, 4) is 0 Å². The molecule has 0 aromatic heterocycles. The molecule has 0 saturated heterocycles. The van der Waals surface area contributed by atoms with Crippen LogP contribution in [0.4, 0.5) is 5.69 Å². The largest absolute Gasteiger partial charge is 0.459 e. The summed E-state index contributed by atoms with van der Waals surface area (Å²) >= 11 is -2.57. The number of benzene rings is 4. The van der Waals surface area contributed by atoms with Gasteiger partial charge in [0, 0.05) is 32.0 Å². The summed E-state index contributed by atoms with van der Waals surface area (Å²) in [5, 5.41) is 4.84. The highest BCUT2D eigenvalue weighted by Crippen LogP contribution is 2.32. The molecule has 0 bridgehead atoms. The minimum absolute atomic E-state index is 0.0768. The lowest BCUT2D eigenvalue weighted by molar-refractivity contribution is -0.137. The van der Waals surface area contributed by atoms with Crippen molar-refractivity contribution in [2.75, 3.05) is 23.9 Å². The average molecular weight is 741 g/mol. The van der Waals surface area contributed by atoms with E-state index in [4.69, 9.17) is 9.47 Å². The summed E-state index contributed by atoms with van der Waals surface area (Å²) in [6.07, 6.45) is 1.17. The monoisotopic (exact) mass is 740 g/mol. The third-order valence-corrected chi connectivity index (χ3v) is 10.4. The van der Waals surface area contributed by atoms with E-state index < -0.39 is 35.5 Å². The molecule has 0 radical (unpaired) electrons. The second kappa shape index (κ2) is 18.9. The van der Waals surface area contributed by atoms with E-state index in [0.717, 1.165) is 41.5 Å². The molecule has 0 saturated carbocycles. The number of carbonyl (C=O) groups is 2. The quantitative estimate of drug-likeness (QED) is 0.108. The Labute approximate surface area is 316 Å². The molecule has 4 atom stereocenters. The zero-order valence-corrected chi connectivity index (χ0v) is 32.1. The number of hydrogen-bond donors (Lipinski definition) is 2. The number of nitrogens with one attached hydrogen (secondary N) is 1. The first-order valence-electron chi connectivity index (χ1n) is 18.4. The summed E-state index contributed by atoms with van der Waals surface area (Å²) in [7, 11) is 0. The van der Waals surface area contributed by atoms with Crippen LogP contribution in [0.15, 0.2) is 109 Å². The standard InChI is InChI=1S/C42H52N4O6S/c1-6-44(7-2)28-33-20-18-32(19-21-33)24-37(42(48)45(8-3)30(4)5)43-40(47)27-38(39-29-51-41(52-39)25-31-14-10-9-11-15-31)46(53(49)50)36-23-22-34-16-12-13-17-35(34)26-36/h9-23,26,29-30,37-38,41H,6-8,24-25,27-28H2,1-5H3,(H,43,47)(H,49,50). The fraction of sp³-hybridized carbons (Fsp3) is 0.381. The smallest absolute Gasteiger partial charge is 0.262 e. The normalized spacial score (nSPS) is 15.7. The molecule has 0 fully saturated rings. The lowest BCUT2D eigenvalue weighted by Crippen LogP contribution is -2.52. The molecule has 53 heavy (non-hydrogen) atoms. The summed E-state index contributed by atoms with van der Waals surface area (Å²) in [5.41, 5.74) is 3.50. The average Bonchev–Trinajstić information content (AvgIpc) is 3.62. The van der Waals surface area contributed by atoms with Crippen LogP contribution in [0.1, 0.15) is 57.7 Å². The van der Waals surface area contributed by atoms with Gasteiger partial charge in [-0.15, -0.1) is 0 Å². The number of likely N-dealkylation sites (N-methyl/N-ethyl adjacent to an activating group) is 1. The van der Waals surface area contributed by atoms with Gasteiger partial charge in [0.1, 0.15) is 18.3 Å². The van der Waals surface area contributed by atoms with Gasteiger partial charge in [-0.1, -0.05) is 98.8 Å². The predicted molar refractivity (Wildman–Crippen MR) is 211 cm³/mol. The molecule has 4 unspecified atom stereocenters. The van der Waals surface area contributed by atoms with Crippen LogP contribution in [0.3, 0.4) is 0 Å². The Morgan fingerprint density at radius 1 is 0.830 bits per heavy atom. The van der Waals surface area contributed by atoms with E-state index >= 15 is 0 Å². The topological polar surface area (TPSA) is 112 Å². The third-order valence-electron chi connectivity index (χ3n) is 9.64. The maximum absolute atomic E-state index is 14.2. The summed E-state index contributed by atoms with van der Waals surface area (Å²) in [6, 6.07) is 29.0. The van der Waals surface area contributed by atoms with Gasteiger partial charge in [0.25, 0.3) is 11.3 Å². The van der Waals surface area contributed by atoms with Crippen molar-refractivity contribution >= 4 is 39.5 Å². The van der Waals surface area contributed by atoms with Crippen LogP contribution >= 0.6 is 0 Å². The minimum Gasteiger partial charge on any atom is -0.459 e. The Morgan fingerprint density at radius 3 is 2.13 bits per heavy atom. The number of amides is 2. The van der Waals surface area contributed by atoms with Gasteiger partial charge in [-0.25, -0.2) is 4.21 Å². The van der Waals surface area contributed by atoms with Crippen LogP contribution in [0.2, 0.25) is 0 Å². The third kappa shape index (κ3) is 10.5. The Hall–Kier alpha value is -4.71. The summed E-state index contributed by atoms with van der Waals surface area (Å²) in [4.78, 5) is 32.3. The molecule has 0 spiro atoms. The van der Waals surface area contributed by atoms with Gasteiger partial charge >= 0.3 is 0 Å². The van der Waals surface area contributed by atoms with Crippen molar-refractivity contribution in [3.63, 3.8) is 0 Å². The summed E-state index contributed by atoms with van der Waals surface area (Å²) in [6.45, 7) is 13.3. The molecule has 11 heteroatoms. The number of anilines is 1. The zero-order valence-electron chi connectivity index (χ0n) is 31.3. The highest BCUT2D eigenvalue weighted by molar-refractivity contribution is 7.80. The first-order valence-corrected chi connectivity index (χ1v) is 19.5. The van der Waals surface area contributed by atoms with Gasteiger partial charge in [-0.05, 0) is 73.5 Å². The fourth-order valence-electron chi connectivity index (χ4n) is 6.72. The van der Waals surface area contributed by atoms with Gasteiger partial charge in [0.15, 0.2) is 5.76 Å². The molecular weight excluding hydrogens is 689 g/mol. The molecule has 5 rings (SSSR count). The van der Waals surface area contributed by atoms with E-state index in [-0.39, 0.29) is 30.5 Å². The summed E-state index contributed by atoms with van der Waals surface area (Å²) < 4.78 is 37.4. The van der Waals surface area contributed by atoms with Gasteiger partial charge in [-0.2, -0.15) is 0 Å². The Balaban J connectivity index is 1.43. The van der Waals surface area contributed by atoms with E-state index in [0.29, 0.717) is 18.7 Å². The van der Waals surface area contributed by atoms with Crippen molar-refractivity contribution in [2.24, 2.45) is 0 Å². The van der Waals surface area contributed by atoms with E-state index in [1.807, 2.05) is 99.6 Å². The number of hydrogen-bond acceptors (Lipinski definition) is 6. The fourth-order valence-corrected chi connectivity index (χ4v) is 7.41. The number of ether oxygens (including phenoxy) is 2. The number of fused-ring (bicyclic) bond motifs is 1. The molecular formula is C42H52N4O6S. The molecule has 1 aliphatic heterocycles. The van der Waals surface area contributed by atoms with Gasteiger partial charge in [-0.3, -0.25) is 23.3 Å². The molecule has 4 aromatic carbocycles. The van der Waals surface area contributed by atoms with Crippen LogP contribution in [0, 0.1) is 0 Å². The van der Waals surface area contributed by atoms with Gasteiger partial charge in [0.2, 0.25) is 18.1 Å². The van der Waals surface area contributed by atoms with Crippen molar-refractivity contribution in [2.45, 2.75) is 84.8 Å². The number of carbonyl (C=O) groups excluding carboxylic acids is 2. The SMILES string of the molecule is CCN(CC)Cc1ccc(CC(NC(=O)CC(C2=COC(Cc3ccccc3)O2)N(c2ccc3ccccc3c2)S(=O)O)C(=O)N(CC)C(C)C)cc1. The van der Waals surface area contributed by atoms with E-state index in [1.54, 1.807) is 11.0 Å². The molecule has 282 valence electrons. The number of nitrogens with zero attached hydrogens (tertiary/aromatic N) is 3. The lowest BCUT2D eigenvalue weighted by atomic mass is 10.0. The minimum atomic E-state index is -2.57. The second-order valence-corrected chi connectivity index (χ2v) is 14.4. The molecule has 2 amide bonds. The number of rotatable bonds is 18. The molecule has 10 nitrogen and oxygen atoms in total. The van der Waals surface area contributed by atoms with Crippen molar-refractivity contribution in [3.05, 3.63) is 126 Å². The molecule has 2 N–H and O–H groups in total. The van der Waals surface area contributed by atoms with Crippen LogP contribution < -0.4 is 9.62 Å². The highest BCUT2D eigenvalue weighted by Gasteiger charge is 2.37. The van der Waals surface area contributed by atoms with E-state index in [1.165, 1.54) is 16.1 Å². The predicted octanol–water partition coefficient (Wildman–Crippen LogP) is 6.82.